The fourth-order valence-corrected chi connectivity index (χ4v) is 3.36. The molecule has 1 aliphatic heterocycles. The van der Waals surface area contributed by atoms with Gasteiger partial charge in [-0.2, -0.15) is 0 Å². The second kappa shape index (κ2) is 8.34. The van der Waals surface area contributed by atoms with E-state index in [9.17, 15) is 9.59 Å². The zero-order valence-corrected chi connectivity index (χ0v) is 14.6. The molecular formula is C18H25ClN2O2. The van der Waals surface area contributed by atoms with E-state index in [1.807, 2.05) is 17.0 Å². The molecule has 1 heterocycles. The Hall–Kier alpha value is -1.55. The van der Waals surface area contributed by atoms with Gasteiger partial charge in [0.15, 0.2) is 0 Å². The third-order valence-electron chi connectivity index (χ3n) is 4.45. The van der Waals surface area contributed by atoms with Gasteiger partial charge in [0.2, 0.25) is 11.8 Å². The summed E-state index contributed by atoms with van der Waals surface area (Å²) < 4.78 is 0. The molecule has 0 bridgehead atoms. The van der Waals surface area contributed by atoms with Crippen molar-refractivity contribution in [3.8, 4) is 0 Å². The zero-order chi connectivity index (χ0) is 16.8. The number of halogens is 1. The Morgan fingerprint density at radius 2 is 2.00 bits per heavy atom. The largest absolute Gasteiger partial charge is 0.349 e. The van der Waals surface area contributed by atoms with E-state index in [2.05, 4.69) is 12.2 Å². The van der Waals surface area contributed by atoms with E-state index in [1.165, 1.54) is 13.3 Å². The van der Waals surface area contributed by atoms with E-state index >= 15 is 0 Å². The number of hydrogen-bond acceptors (Lipinski definition) is 2. The molecule has 0 unspecified atom stereocenters. The second-order valence-electron chi connectivity index (χ2n) is 6.15. The molecule has 1 saturated heterocycles. The van der Waals surface area contributed by atoms with Crippen LogP contribution in [0.1, 0.15) is 57.6 Å². The molecule has 0 spiro atoms. The van der Waals surface area contributed by atoms with Crippen LogP contribution in [0.15, 0.2) is 24.3 Å². The fourth-order valence-electron chi connectivity index (χ4n) is 3.24. The summed E-state index contributed by atoms with van der Waals surface area (Å²) in [5.41, 5.74) is 0.906. The summed E-state index contributed by atoms with van der Waals surface area (Å²) in [7, 11) is 0. The van der Waals surface area contributed by atoms with Crippen LogP contribution in [0.2, 0.25) is 5.02 Å². The Balaban J connectivity index is 2.11. The summed E-state index contributed by atoms with van der Waals surface area (Å²) in [5, 5.41) is 3.53. The Kier molecular flexibility index (Phi) is 6.46. The minimum absolute atomic E-state index is 0.116. The molecule has 2 amide bonds. The smallest absolute Gasteiger partial charge is 0.225 e. The van der Waals surface area contributed by atoms with Crippen LogP contribution in [0.25, 0.3) is 0 Å². The van der Waals surface area contributed by atoms with Gasteiger partial charge in [-0.25, -0.2) is 0 Å². The number of carbonyl (C=O) groups excluding carboxylic acids is 2. The van der Waals surface area contributed by atoms with Gasteiger partial charge in [-0.1, -0.05) is 30.7 Å². The summed E-state index contributed by atoms with van der Waals surface area (Å²) in [6, 6.07) is 7.32. The van der Waals surface area contributed by atoms with Crippen LogP contribution < -0.4 is 5.32 Å². The first-order valence-corrected chi connectivity index (χ1v) is 8.71. The molecule has 0 aliphatic carbocycles. The number of amides is 2. The van der Waals surface area contributed by atoms with Crippen molar-refractivity contribution in [3.63, 3.8) is 0 Å². The molecule has 1 aliphatic rings. The lowest BCUT2D eigenvalue weighted by molar-refractivity contribution is -0.135. The lowest BCUT2D eigenvalue weighted by atomic mass is 9.97. The van der Waals surface area contributed by atoms with Gasteiger partial charge in [0.1, 0.15) is 0 Å². The van der Waals surface area contributed by atoms with Gasteiger partial charge in [-0.15, -0.1) is 0 Å². The summed E-state index contributed by atoms with van der Waals surface area (Å²) >= 11 is 5.92. The minimum atomic E-state index is -0.309. The Bertz CT molecular complexity index is 544. The van der Waals surface area contributed by atoms with E-state index in [1.54, 1.807) is 12.1 Å². The van der Waals surface area contributed by atoms with Crippen LogP contribution in [-0.4, -0.2) is 29.3 Å². The van der Waals surface area contributed by atoms with Crippen molar-refractivity contribution in [2.24, 2.45) is 0 Å². The number of hydrogen-bond donors (Lipinski definition) is 1. The topological polar surface area (TPSA) is 49.4 Å². The van der Waals surface area contributed by atoms with Gasteiger partial charge >= 0.3 is 0 Å². The Morgan fingerprint density at radius 1 is 1.30 bits per heavy atom. The van der Waals surface area contributed by atoms with Gasteiger partial charge in [0.25, 0.3) is 0 Å². The first-order chi connectivity index (χ1) is 11.0. The van der Waals surface area contributed by atoms with E-state index in [4.69, 9.17) is 11.6 Å². The first-order valence-electron chi connectivity index (χ1n) is 8.33. The molecule has 2 atom stereocenters. The van der Waals surface area contributed by atoms with Crippen molar-refractivity contribution in [2.45, 2.75) is 58.0 Å². The standard InChI is InChI=1S/C18H25ClN2O2/c1-3-16-6-4-5-11-21(16)18(23)12-17(20-13(2)22)14-7-9-15(19)10-8-14/h7-10,16-17H,3-6,11-12H2,1-2H3,(H,20,22)/t16-,17+/m0/s1. The predicted octanol–water partition coefficient (Wildman–Crippen LogP) is 3.70. The fraction of sp³-hybridized carbons (Fsp3) is 0.556. The maximum Gasteiger partial charge on any atom is 0.225 e. The van der Waals surface area contributed by atoms with Crippen molar-refractivity contribution in [2.75, 3.05) is 6.54 Å². The van der Waals surface area contributed by atoms with Gasteiger partial charge in [-0.05, 0) is 43.4 Å². The normalized spacial score (nSPS) is 19.3. The lowest BCUT2D eigenvalue weighted by Gasteiger charge is -2.36. The van der Waals surface area contributed by atoms with Crippen LogP contribution in [0, 0.1) is 0 Å². The summed E-state index contributed by atoms with van der Waals surface area (Å²) in [5.74, 6) is -0.0197. The summed E-state index contributed by atoms with van der Waals surface area (Å²) in [6.45, 7) is 4.43. The number of piperidine rings is 1. The third-order valence-corrected chi connectivity index (χ3v) is 4.70. The molecule has 0 saturated carbocycles. The van der Waals surface area contributed by atoms with E-state index < -0.39 is 0 Å². The number of benzene rings is 1. The van der Waals surface area contributed by atoms with Crippen molar-refractivity contribution in [1.29, 1.82) is 0 Å². The van der Waals surface area contributed by atoms with Crippen molar-refractivity contribution in [1.82, 2.24) is 10.2 Å². The first kappa shape index (κ1) is 17.8. The molecule has 1 aromatic carbocycles. The molecule has 1 fully saturated rings. The minimum Gasteiger partial charge on any atom is -0.349 e. The quantitative estimate of drug-likeness (QED) is 0.891. The number of nitrogens with zero attached hydrogens (tertiary/aromatic N) is 1. The van der Waals surface area contributed by atoms with E-state index in [0.29, 0.717) is 11.1 Å². The Labute approximate surface area is 143 Å². The van der Waals surface area contributed by atoms with Crippen molar-refractivity contribution in [3.05, 3.63) is 34.9 Å². The average Bonchev–Trinajstić information content (AvgIpc) is 2.54. The molecule has 1 N–H and O–H groups in total. The number of rotatable bonds is 5. The highest BCUT2D eigenvalue weighted by Crippen LogP contribution is 2.24. The SMILES string of the molecule is CC[C@H]1CCCCN1C(=O)C[C@@H](NC(C)=O)c1ccc(Cl)cc1. The van der Waals surface area contributed by atoms with Gasteiger partial charge < -0.3 is 10.2 Å². The monoisotopic (exact) mass is 336 g/mol. The molecule has 2 rings (SSSR count). The average molecular weight is 337 g/mol. The highest BCUT2D eigenvalue weighted by Gasteiger charge is 2.27. The third kappa shape index (κ3) is 4.96. The number of likely N-dealkylation sites (tertiary alicyclic amines) is 1. The van der Waals surface area contributed by atoms with Crippen molar-refractivity contribution >= 4 is 23.4 Å². The summed E-state index contributed by atoms with van der Waals surface area (Å²) in [6.07, 6.45) is 4.60. The van der Waals surface area contributed by atoms with Crippen LogP contribution in [0.4, 0.5) is 0 Å². The second-order valence-corrected chi connectivity index (χ2v) is 6.59. The van der Waals surface area contributed by atoms with E-state index in [-0.39, 0.29) is 24.3 Å². The zero-order valence-electron chi connectivity index (χ0n) is 13.8. The summed E-state index contributed by atoms with van der Waals surface area (Å²) in [4.78, 5) is 26.3. The van der Waals surface area contributed by atoms with Gasteiger partial charge in [-0.3, -0.25) is 9.59 Å². The highest BCUT2D eigenvalue weighted by molar-refractivity contribution is 6.30. The molecule has 23 heavy (non-hydrogen) atoms. The number of carbonyl (C=O) groups is 2. The molecular weight excluding hydrogens is 312 g/mol. The number of nitrogens with one attached hydrogen (secondary N) is 1. The van der Waals surface area contributed by atoms with Gasteiger partial charge in [0, 0.05) is 24.5 Å². The van der Waals surface area contributed by atoms with Gasteiger partial charge in [0.05, 0.1) is 12.5 Å². The maximum atomic E-state index is 12.7. The maximum absolute atomic E-state index is 12.7. The van der Waals surface area contributed by atoms with Crippen LogP contribution in [0.5, 0.6) is 0 Å². The lowest BCUT2D eigenvalue weighted by Crippen LogP contribution is -2.44. The van der Waals surface area contributed by atoms with Crippen molar-refractivity contribution < 1.29 is 9.59 Å². The molecule has 0 radical (unpaired) electrons. The van der Waals surface area contributed by atoms with E-state index in [0.717, 1.165) is 31.4 Å². The molecule has 1 aromatic rings. The predicted molar refractivity (Wildman–Crippen MR) is 92.3 cm³/mol. The molecule has 126 valence electrons. The molecule has 0 aromatic heterocycles. The van der Waals surface area contributed by atoms with Crippen LogP contribution >= 0.6 is 11.6 Å². The highest BCUT2D eigenvalue weighted by atomic mass is 35.5. The van der Waals surface area contributed by atoms with Crippen LogP contribution in [0.3, 0.4) is 0 Å². The van der Waals surface area contributed by atoms with Crippen LogP contribution in [-0.2, 0) is 9.59 Å². The Morgan fingerprint density at radius 3 is 2.61 bits per heavy atom. The molecule has 4 nitrogen and oxygen atoms in total. The molecule has 5 heteroatoms.